The van der Waals surface area contributed by atoms with Gasteiger partial charge in [-0.15, -0.1) is 0 Å². The smallest absolute Gasteiger partial charge is 0.408 e. The number of nitrogens with one attached hydrogen (secondary N) is 1. The fraction of sp³-hybridized carbons (Fsp3) is 0.487. The third-order valence-corrected chi connectivity index (χ3v) is 8.03. The number of aryl methyl sites for hydroxylation is 1. The van der Waals surface area contributed by atoms with Gasteiger partial charge in [-0.25, -0.2) is 9.18 Å². The summed E-state index contributed by atoms with van der Waals surface area (Å²) < 4.78 is 33.4. The number of alkyl carbamates (subject to hydrolysis) is 1. The summed E-state index contributed by atoms with van der Waals surface area (Å²) in [5, 5.41) is 2.76. The summed E-state index contributed by atoms with van der Waals surface area (Å²) in [4.78, 5) is 25.0. The van der Waals surface area contributed by atoms with E-state index in [1.807, 2.05) is 57.2 Å². The summed E-state index contributed by atoms with van der Waals surface area (Å²) in [7, 11) is 0. The zero-order valence-corrected chi connectivity index (χ0v) is 28.5. The van der Waals surface area contributed by atoms with Crippen LogP contribution in [0.3, 0.4) is 0 Å². The Morgan fingerprint density at radius 3 is 2.26 bits per heavy atom. The molecule has 1 atom stereocenters. The predicted molar refractivity (Wildman–Crippen MR) is 180 cm³/mol. The van der Waals surface area contributed by atoms with Crippen LogP contribution >= 0.6 is 0 Å². The average molecular weight is 632 g/mol. The van der Waals surface area contributed by atoms with Crippen molar-refractivity contribution in [3.05, 3.63) is 88.7 Å². The number of amides is 1. The van der Waals surface area contributed by atoms with Gasteiger partial charge >= 0.3 is 12.1 Å². The second-order valence-electron chi connectivity index (χ2n) is 14.5. The minimum Gasteiger partial charge on any atom is -0.489 e. The first-order valence-corrected chi connectivity index (χ1v) is 16.5. The van der Waals surface area contributed by atoms with Crippen molar-refractivity contribution in [2.75, 3.05) is 0 Å². The topological polar surface area (TPSA) is 73.9 Å². The van der Waals surface area contributed by atoms with Gasteiger partial charge in [0.1, 0.15) is 29.4 Å². The molecule has 7 heteroatoms. The first-order valence-electron chi connectivity index (χ1n) is 16.5. The fourth-order valence-corrected chi connectivity index (χ4v) is 5.97. The SMILES string of the molecule is C[C@@H](NC(=O)OC(C)(C)C)c1cccc(-c2cc(CCC3CCCC3)cc(COc3ccccc3CC(=O)OC(C)(C)C)c2)c1F. The van der Waals surface area contributed by atoms with E-state index >= 15 is 4.39 Å². The molecule has 0 spiro atoms. The maximum absolute atomic E-state index is 16.2. The van der Waals surface area contributed by atoms with E-state index in [2.05, 4.69) is 17.4 Å². The van der Waals surface area contributed by atoms with E-state index in [1.54, 1.807) is 39.8 Å². The molecule has 0 aromatic heterocycles. The fourth-order valence-electron chi connectivity index (χ4n) is 5.97. The standard InChI is InChI=1S/C39H50FNO5/c1-26(41-37(43)46-39(5,6)7)32-16-12-17-33(36(32)40)31-22-28(20-19-27-13-8-9-14-27)21-29(23-31)25-44-34-18-11-10-15-30(34)24-35(42)45-38(2,3)4/h10-12,15-18,21-23,26-27H,8-9,13-14,19-20,24-25H2,1-7H3,(H,41,43)/t26-/m1/s1. The first kappa shape index (κ1) is 35.0. The lowest BCUT2D eigenvalue weighted by atomic mass is 9.93. The molecule has 0 bridgehead atoms. The van der Waals surface area contributed by atoms with Crippen molar-refractivity contribution in [2.45, 2.75) is 117 Å². The van der Waals surface area contributed by atoms with Crippen LogP contribution in [0.2, 0.25) is 0 Å². The number of esters is 1. The number of carbonyl (C=O) groups excluding carboxylic acids is 2. The highest BCUT2D eigenvalue weighted by molar-refractivity contribution is 5.74. The second-order valence-corrected chi connectivity index (χ2v) is 14.5. The lowest BCUT2D eigenvalue weighted by Crippen LogP contribution is -2.34. The molecule has 1 amide bonds. The lowest BCUT2D eigenvalue weighted by Gasteiger charge is -2.22. The minimum absolute atomic E-state index is 0.105. The molecular formula is C39H50FNO5. The Bertz CT molecular complexity index is 1500. The molecule has 6 nitrogen and oxygen atoms in total. The zero-order valence-electron chi connectivity index (χ0n) is 28.5. The molecule has 46 heavy (non-hydrogen) atoms. The van der Waals surface area contributed by atoms with Crippen molar-refractivity contribution in [1.82, 2.24) is 5.32 Å². The Morgan fingerprint density at radius 1 is 0.891 bits per heavy atom. The Balaban J connectivity index is 1.59. The first-order chi connectivity index (χ1) is 21.7. The molecule has 0 aliphatic heterocycles. The maximum Gasteiger partial charge on any atom is 0.408 e. The van der Waals surface area contributed by atoms with Crippen molar-refractivity contribution in [2.24, 2.45) is 5.92 Å². The highest BCUT2D eigenvalue weighted by atomic mass is 19.1. The molecule has 4 rings (SSSR count). The Morgan fingerprint density at radius 2 is 1.57 bits per heavy atom. The average Bonchev–Trinajstić information content (AvgIpc) is 3.47. The van der Waals surface area contributed by atoms with Crippen LogP contribution in [0.1, 0.15) is 109 Å². The van der Waals surface area contributed by atoms with Crippen LogP contribution in [0.5, 0.6) is 5.75 Å². The van der Waals surface area contributed by atoms with Crippen LogP contribution in [0.4, 0.5) is 9.18 Å². The van der Waals surface area contributed by atoms with Crippen molar-refractivity contribution in [3.8, 4) is 16.9 Å². The molecule has 3 aromatic rings. The van der Waals surface area contributed by atoms with Gasteiger partial charge in [-0.1, -0.05) is 74.2 Å². The van der Waals surface area contributed by atoms with Gasteiger partial charge in [0.25, 0.3) is 0 Å². The Labute approximate surface area is 274 Å². The van der Waals surface area contributed by atoms with Gasteiger partial charge in [0, 0.05) is 16.7 Å². The molecule has 1 aliphatic rings. The number of para-hydroxylation sites is 1. The second kappa shape index (κ2) is 15.1. The molecule has 248 valence electrons. The van der Waals surface area contributed by atoms with Gasteiger partial charge in [-0.05, 0) is 96.0 Å². The van der Waals surface area contributed by atoms with Gasteiger partial charge in [-0.2, -0.15) is 0 Å². The molecule has 3 aromatic carbocycles. The number of ether oxygens (including phenoxy) is 3. The largest absolute Gasteiger partial charge is 0.489 e. The molecule has 0 saturated heterocycles. The van der Waals surface area contributed by atoms with Crippen LogP contribution < -0.4 is 10.1 Å². The third kappa shape index (κ3) is 10.6. The van der Waals surface area contributed by atoms with Crippen LogP contribution in [0, 0.1) is 11.7 Å². The van der Waals surface area contributed by atoms with E-state index < -0.39 is 23.3 Å². The Hall–Kier alpha value is -3.87. The summed E-state index contributed by atoms with van der Waals surface area (Å²) in [6.45, 7) is 12.9. The minimum atomic E-state index is -0.655. The summed E-state index contributed by atoms with van der Waals surface area (Å²) >= 11 is 0. The lowest BCUT2D eigenvalue weighted by molar-refractivity contribution is -0.153. The van der Waals surface area contributed by atoms with E-state index in [4.69, 9.17) is 14.2 Å². The molecule has 0 unspecified atom stereocenters. The number of benzene rings is 3. The molecule has 1 fully saturated rings. The van der Waals surface area contributed by atoms with Gasteiger partial charge in [-0.3, -0.25) is 4.79 Å². The third-order valence-electron chi connectivity index (χ3n) is 8.03. The van der Waals surface area contributed by atoms with Gasteiger partial charge in [0.15, 0.2) is 0 Å². The van der Waals surface area contributed by atoms with Crippen molar-refractivity contribution in [1.29, 1.82) is 0 Å². The monoisotopic (exact) mass is 631 g/mol. The van der Waals surface area contributed by atoms with Crippen molar-refractivity contribution < 1.29 is 28.2 Å². The Kier molecular flexibility index (Phi) is 11.5. The molecule has 1 saturated carbocycles. The molecule has 0 heterocycles. The van der Waals surface area contributed by atoms with E-state index in [0.29, 0.717) is 16.9 Å². The summed E-state index contributed by atoms with van der Waals surface area (Å²) in [5.74, 6) is 0.642. The van der Waals surface area contributed by atoms with Crippen LogP contribution in [-0.4, -0.2) is 23.3 Å². The quantitative estimate of drug-likeness (QED) is 0.213. The van der Waals surface area contributed by atoms with E-state index in [1.165, 1.54) is 25.7 Å². The maximum atomic E-state index is 16.2. The number of rotatable bonds is 11. The predicted octanol–water partition coefficient (Wildman–Crippen LogP) is 9.66. The van der Waals surface area contributed by atoms with Gasteiger partial charge in [0.05, 0.1) is 12.5 Å². The normalized spacial score (nSPS) is 14.5. The summed E-state index contributed by atoms with van der Waals surface area (Å²) in [6.07, 6.45) is 6.63. The van der Waals surface area contributed by atoms with Crippen LogP contribution in [-0.2, 0) is 33.7 Å². The van der Waals surface area contributed by atoms with Crippen molar-refractivity contribution >= 4 is 12.1 Å². The van der Waals surface area contributed by atoms with Gasteiger partial charge < -0.3 is 19.5 Å². The van der Waals surface area contributed by atoms with E-state index in [0.717, 1.165) is 41.0 Å². The molecule has 1 N–H and O–H groups in total. The summed E-state index contributed by atoms with van der Waals surface area (Å²) in [6, 6.07) is 18.3. The van der Waals surface area contributed by atoms with Crippen LogP contribution in [0.15, 0.2) is 60.7 Å². The van der Waals surface area contributed by atoms with Crippen molar-refractivity contribution in [3.63, 3.8) is 0 Å². The number of hydrogen-bond donors (Lipinski definition) is 1. The van der Waals surface area contributed by atoms with Crippen LogP contribution in [0.25, 0.3) is 11.1 Å². The number of carbonyl (C=O) groups is 2. The molecule has 1 aliphatic carbocycles. The highest BCUT2D eigenvalue weighted by Crippen LogP contribution is 2.33. The van der Waals surface area contributed by atoms with E-state index in [9.17, 15) is 9.59 Å². The van der Waals surface area contributed by atoms with Gasteiger partial charge in [0.2, 0.25) is 0 Å². The number of halogens is 1. The number of hydrogen-bond acceptors (Lipinski definition) is 5. The molecular weight excluding hydrogens is 581 g/mol. The molecule has 0 radical (unpaired) electrons. The zero-order chi connectivity index (χ0) is 33.5. The van der Waals surface area contributed by atoms with E-state index in [-0.39, 0.29) is 24.8 Å². The summed E-state index contributed by atoms with van der Waals surface area (Å²) in [5.41, 5.74) is 3.17. The highest BCUT2D eigenvalue weighted by Gasteiger charge is 2.22.